The molecular weight excluding hydrogens is 754 g/mol. The van der Waals surface area contributed by atoms with Crippen LogP contribution in [0, 0.1) is 0 Å². The minimum atomic E-state index is -1.49. The van der Waals surface area contributed by atoms with Gasteiger partial charge < -0.3 is 59.7 Å². The van der Waals surface area contributed by atoms with Crippen molar-refractivity contribution in [3.05, 3.63) is 35.9 Å². The molecule has 1 aliphatic heterocycles. The molecule has 58 heavy (non-hydrogen) atoms. The zero-order valence-electron chi connectivity index (χ0n) is 33.4. The van der Waals surface area contributed by atoms with Crippen molar-refractivity contribution in [3.8, 4) is 0 Å². The Balaban J connectivity index is 2.56. The number of carbonyl (C=O) groups excluding carboxylic acids is 9. The molecule has 0 aromatic heterocycles. The molecule has 1 aliphatic rings. The lowest BCUT2D eigenvalue weighted by Gasteiger charge is -2.27. The van der Waals surface area contributed by atoms with Gasteiger partial charge >= 0.3 is 0 Å². The van der Waals surface area contributed by atoms with Crippen molar-refractivity contribution < 1.29 is 43.2 Å². The Morgan fingerprint density at radius 3 is 1.88 bits per heavy atom. The molecule has 0 spiro atoms. The van der Waals surface area contributed by atoms with Crippen LogP contribution in [0.1, 0.15) is 83.6 Å². The monoisotopic (exact) mass is 815 g/mol. The number of carbonyl (C=O) groups is 9. The zero-order valence-corrected chi connectivity index (χ0v) is 33.4. The van der Waals surface area contributed by atoms with Crippen molar-refractivity contribution in [2.75, 3.05) is 26.2 Å². The van der Waals surface area contributed by atoms with Gasteiger partial charge in [0.1, 0.15) is 36.3 Å². The molecule has 322 valence electrons. The summed E-state index contributed by atoms with van der Waals surface area (Å²) >= 11 is 0. The van der Waals surface area contributed by atoms with E-state index in [0.29, 0.717) is 57.2 Å². The smallest absolute Gasteiger partial charge is 0.243 e. The van der Waals surface area contributed by atoms with Gasteiger partial charge in [-0.25, -0.2) is 0 Å². The highest BCUT2D eigenvalue weighted by molar-refractivity contribution is 5.98. The molecule has 0 saturated carbocycles. The van der Waals surface area contributed by atoms with Crippen LogP contribution in [0.15, 0.2) is 30.3 Å². The third-order valence-corrected chi connectivity index (χ3v) is 9.27. The van der Waals surface area contributed by atoms with E-state index < -0.39 is 102 Å². The fraction of sp³-hybridized carbons (Fsp3) is 0.605. The van der Waals surface area contributed by atoms with E-state index >= 15 is 0 Å². The maximum absolute atomic E-state index is 14.1. The Hall–Kier alpha value is -5.63. The van der Waals surface area contributed by atoms with Gasteiger partial charge in [0.25, 0.3) is 0 Å². The molecule has 20 heteroatoms. The van der Waals surface area contributed by atoms with Gasteiger partial charge in [-0.1, -0.05) is 30.3 Å². The number of rotatable bonds is 14. The fourth-order valence-corrected chi connectivity index (χ4v) is 5.98. The quantitative estimate of drug-likeness (QED) is 0.0828. The molecular formula is C38H61N11O9. The standard InChI is InChI=1S/C38H61N11O9/c1-23-34(54)46-26(33(41)53)14-8-11-19-42-31(51)21-30(45-32(52)22-43-24(2)50)38(58)48-28(16-7-10-18-40)36(56)49-29(20-25-12-4-3-5-13-25)37(57)47-27(35(55)44-23)15-6-9-17-39/h3-5,12-13,23,26-30H,6-11,14-22,39-40H2,1-2H3,(H2,41,53)(H,42,51)(H,43,50)(H,44,55)(H,45,52)(H,46,54)(H,47,57)(H,48,58)(H,49,56)/t23-,26?,27-,28-,29?,30?/m0/s1. The topological polar surface area (TPSA) is 328 Å². The Labute approximate surface area is 338 Å². The minimum Gasteiger partial charge on any atom is -0.368 e. The lowest BCUT2D eigenvalue weighted by Crippen LogP contribution is -2.60. The van der Waals surface area contributed by atoms with Gasteiger partial charge in [0, 0.05) is 19.9 Å². The second-order valence-electron chi connectivity index (χ2n) is 14.2. The van der Waals surface area contributed by atoms with E-state index in [2.05, 4.69) is 42.5 Å². The van der Waals surface area contributed by atoms with E-state index in [0.717, 1.165) is 0 Å². The summed E-state index contributed by atoms with van der Waals surface area (Å²) in [4.78, 5) is 118. The van der Waals surface area contributed by atoms with Crippen LogP contribution in [0.25, 0.3) is 0 Å². The summed E-state index contributed by atoms with van der Waals surface area (Å²) in [5.41, 5.74) is 17.6. The Kier molecular flexibility index (Phi) is 22.0. The molecule has 20 nitrogen and oxygen atoms in total. The third-order valence-electron chi connectivity index (χ3n) is 9.27. The molecule has 0 radical (unpaired) electrons. The normalized spacial score (nSPS) is 23.4. The fourth-order valence-electron chi connectivity index (χ4n) is 5.98. The van der Waals surface area contributed by atoms with Crippen LogP contribution >= 0.6 is 0 Å². The molecule has 6 atom stereocenters. The first-order valence-corrected chi connectivity index (χ1v) is 19.7. The number of nitrogens with two attached hydrogens (primary N) is 3. The van der Waals surface area contributed by atoms with Crippen LogP contribution in [0.3, 0.4) is 0 Å². The van der Waals surface area contributed by atoms with Gasteiger partial charge in [-0.3, -0.25) is 43.2 Å². The number of benzene rings is 1. The maximum Gasteiger partial charge on any atom is 0.243 e. The van der Waals surface area contributed by atoms with Crippen LogP contribution in [0.2, 0.25) is 0 Å². The summed E-state index contributed by atoms with van der Waals surface area (Å²) in [7, 11) is 0. The van der Waals surface area contributed by atoms with Crippen LogP contribution in [-0.2, 0) is 49.6 Å². The van der Waals surface area contributed by atoms with Crippen LogP contribution in [0.5, 0.6) is 0 Å². The summed E-state index contributed by atoms with van der Waals surface area (Å²) in [6.45, 7) is 2.83. The van der Waals surface area contributed by atoms with Crippen molar-refractivity contribution in [2.24, 2.45) is 17.2 Å². The molecule has 14 N–H and O–H groups in total. The second kappa shape index (κ2) is 26.3. The molecule has 1 heterocycles. The highest BCUT2D eigenvalue weighted by atomic mass is 16.2. The summed E-state index contributed by atoms with van der Waals surface area (Å²) in [5.74, 6) is -6.49. The lowest BCUT2D eigenvalue weighted by atomic mass is 10.0. The van der Waals surface area contributed by atoms with Crippen LogP contribution in [-0.4, -0.2) is 116 Å². The van der Waals surface area contributed by atoms with E-state index in [-0.39, 0.29) is 32.2 Å². The van der Waals surface area contributed by atoms with Gasteiger partial charge in [0.2, 0.25) is 53.2 Å². The molecule has 1 saturated heterocycles. The van der Waals surface area contributed by atoms with E-state index in [1.165, 1.54) is 13.8 Å². The maximum atomic E-state index is 14.1. The van der Waals surface area contributed by atoms with Gasteiger partial charge in [0.15, 0.2) is 0 Å². The summed E-state index contributed by atoms with van der Waals surface area (Å²) in [6, 6.07) is 1.34. The number of nitrogens with one attached hydrogen (secondary N) is 8. The van der Waals surface area contributed by atoms with Gasteiger partial charge in [-0.15, -0.1) is 0 Å². The first kappa shape index (κ1) is 48.5. The molecule has 1 aromatic carbocycles. The van der Waals surface area contributed by atoms with Crippen molar-refractivity contribution in [1.82, 2.24) is 42.5 Å². The molecule has 3 unspecified atom stereocenters. The summed E-state index contributed by atoms with van der Waals surface area (Å²) in [6.07, 6.45) is 2.25. The lowest BCUT2D eigenvalue weighted by molar-refractivity contribution is -0.136. The van der Waals surface area contributed by atoms with E-state index in [1.54, 1.807) is 30.3 Å². The predicted octanol–water partition coefficient (Wildman–Crippen LogP) is -3.27. The number of amides is 9. The van der Waals surface area contributed by atoms with Gasteiger partial charge in [-0.05, 0) is 83.4 Å². The largest absolute Gasteiger partial charge is 0.368 e. The predicted molar refractivity (Wildman–Crippen MR) is 213 cm³/mol. The minimum absolute atomic E-state index is 0.0195. The van der Waals surface area contributed by atoms with Crippen molar-refractivity contribution in [2.45, 2.75) is 121 Å². The number of unbranched alkanes of at least 4 members (excludes halogenated alkanes) is 2. The number of primary amides is 1. The molecule has 0 aliphatic carbocycles. The van der Waals surface area contributed by atoms with Gasteiger partial charge in [0.05, 0.1) is 13.0 Å². The van der Waals surface area contributed by atoms with E-state index in [1.807, 2.05) is 0 Å². The van der Waals surface area contributed by atoms with E-state index in [9.17, 15) is 43.2 Å². The molecule has 9 amide bonds. The molecule has 1 aromatic rings. The van der Waals surface area contributed by atoms with Crippen molar-refractivity contribution in [1.29, 1.82) is 0 Å². The van der Waals surface area contributed by atoms with E-state index in [4.69, 9.17) is 17.2 Å². The number of hydrogen-bond acceptors (Lipinski definition) is 11. The Bertz CT molecular complexity index is 1560. The third kappa shape index (κ3) is 18.5. The number of hydrogen-bond donors (Lipinski definition) is 11. The van der Waals surface area contributed by atoms with Crippen LogP contribution in [0.4, 0.5) is 0 Å². The summed E-state index contributed by atoms with van der Waals surface area (Å²) in [5, 5.41) is 20.6. The highest BCUT2D eigenvalue weighted by Crippen LogP contribution is 2.10. The first-order valence-electron chi connectivity index (χ1n) is 19.7. The summed E-state index contributed by atoms with van der Waals surface area (Å²) < 4.78 is 0. The molecule has 0 bridgehead atoms. The van der Waals surface area contributed by atoms with Crippen molar-refractivity contribution in [3.63, 3.8) is 0 Å². The molecule has 1 fully saturated rings. The Morgan fingerprint density at radius 2 is 1.29 bits per heavy atom. The van der Waals surface area contributed by atoms with Crippen molar-refractivity contribution >= 4 is 53.2 Å². The average molecular weight is 816 g/mol. The average Bonchev–Trinajstić information content (AvgIpc) is 3.17. The van der Waals surface area contributed by atoms with Gasteiger partial charge in [-0.2, -0.15) is 0 Å². The first-order chi connectivity index (χ1) is 27.6. The second-order valence-corrected chi connectivity index (χ2v) is 14.2. The molecule has 2 rings (SSSR count). The highest BCUT2D eigenvalue weighted by Gasteiger charge is 2.33. The zero-order chi connectivity index (χ0) is 43.0. The Morgan fingerprint density at radius 1 is 0.724 bits per heavy atom. The van der Waals surface area contributed by atoms with Crippen LogP contribution < -0.4 is 59.7 Å². The SMILES string of the molecule is CC(=O)NCC(=O)NC1CC(=O)NCCCCC(C(N)=O)NC(=O)[C@H](C)NC(=O)[C@H](CCCCN)NC(=O)C(Cc2ccccc2)NC(=O)[C@H](CCCCN)NC1=O.